The zero-order valence-corrected chi connectivity index (χ0v) is 17.3. The molecule has 160 valence electrons. The number of sulfonamides is 1. The van der Waals surface area contributed by atoms with Gasteiger partial charge in [0.15, 0.2) is 0 Å². The Morgan fingerprint density at radius 1 is 0.935 bits per heavy atom. The van der Waals surface area contributed by atoms with Crippen molar-refractivity contribution in [3.05, 3.63) is 90.2 Å². The van der Waals surface area contributed by atoms with Gasteiger partial charge in [0.05, 0.1) is 28.9 Å². The molecule has 0 spiro atoms. The summed E-state index contributed by atoms with van der Waals surface area (Å²) in [5.41, 5.74) is 0.412. The van der Waals surface area contributed by atoms with E-state index in [0.29, 0.717) is 0 Å². The van der Waals surface area contributed by atoms with Crippen molar-refractivity contribution in [3.8, 4) is 0 Å². The number of halogens is 1. The SMILES string of the molecule is COC(=O)c1ccccc1NC(=O)CN(c1ccc(F)cc1)S(=O)(=O)c1ccccc1. The van der Waals surface area contributed by atoms with E-state index in [1.807, 2.05) is 0 Å². The molecule has 31 heavy (non-hydrogen) atoms. The number of ether oxygens (including phenoxy) is 1. The molecule has 9 heteroatoms. The largest absolute Gasteiger partial charge is 0.465 e. The molecule has 0 bridgehead atoms. The van der Waals surface area contributed by atoms with Crippen LogP contribution < -0.4 is 9.62 Å². The average Bonchev–Trinajstić information content (AvgIpc) is 2.78. The van der Waals surface area contributed by atoms with Crippen LogP contribution in [0, 0.1) is 5.82 Å². The Labute approximate surface area is 179 Å². The first kappa shape index (κ1) is 22.0. The van der Waals surface area contributed by atoms with Crippen LogP contribution in [0.5, 0.6) is 0 Å². The summed E-state index contributed by atoms with van der Waals surface area (Å²) in [6.07, 6.45) is 0. The van der Waals surface area contributed by atoms with Crippen molar-refractivity contribution in [3.63, 3.8) is 0 Å². The van der Waals surface area contributed by atoms with Gasteiger partial charge in [0, 0.05) is 0 Å². The molecule has 0 saturated heterocycles. The number of nitrogens with one attached hydrogen (secondary N) is 1. The molecule has 0 saturated carbocycles. The Morgan fingerprint density at radius 3 is 2.19 bits per heavy atom. The van der Waals surface area contributed by atoms with Gasteiger partial charge in [-0.2, -0.15) is 0 Å². The number of hydrogen-bond donors (Lipinski definition) is 1. The summed E-state index contributed by atoms with van der Waals surface area (Å²) in [5, 5.41) is 2.54. The molecule has 0 aliphatic carbocycles. The number of para-hydroxylation sites is 1. The highest BCUT2D eigenvalue weighted by atomic mass is 32.2. The first-order chi connectivity index (χ1) is 14.8. The van der Waals surface area contributed by atoms with Gasteiger partial charge in [-0.25, -0.2) is 17.6 Å². The summed E-state index contributed by atoms with van der Waals surface area (Å²) in [5.74, 6) is -1.89. The first-order valence-electron chi connectivity index (χ1n) is 9.13. The predicted octanol–water partition coefficient (Wildman–Crippen LogP) is 3.45. The second-order valence-corrected chi connectivity index (χ2v) is 8.25. The fourth-order valence-electron chi connectivity index (χ4n) is 2.84. The number of esters is 1. The smallest absolute Gasteiger partial charge is 0.339 e. The van der Waals surface area contributed by atoms with E-state index in [1.54, 1.807) is 30.3 Å². The molecule has 0 fully saturated rings. The molecule has 0 heterocycles. The quantitative estimate of drug-likeness (QED) is 0.566. The summed E-state index contributed by atoms with van der Waals surface area (Å²) >= 11 is 0. The number of benzene rings is 3. The van der Waals surface area contributed by atoms with E-state index in [1.165, 1.54) is 43.5 Å². The van der Waals surface area contributed by atoms with E-state index < -0.39 is 34.3 Å². The maximum absolute atomic E-state index is 13.4. The zero-order valence-electron chi connectivity index (χ0n) is 16.5. The molecule has 0 aliphatic rings. The summed E-state index contributed by atoms with van der Waals surface area (Å²) in [6.45, 7) is -0.599. The Hall–Kier alpha value is -3.72. The summed E-state index contributed by atoms with van der Waals surface area (Å²) in [6, 6.07) is 18.5. The van der Waals surface area contributed by atoms with Crippen molar-refractivity contribution in [2.45, 2.75) is 4.90 Å². The van der Waals surface area contributed by atoms with E-state index >= 15 is 0 Å². The van der Waals surface area contributed by atoms with Gasteiger partial charge in [-0.05, 0) is 48.5 Å². The molecule has 3 aromatic carbocycles. The van der Waals surface area contributed by atoms with Crippen molar-refractivity contribution < 1.29 is 27.1 Å². The highest BCUT2D eigenvalue weighted by Gasteiger charge is 2.27. The van der Waals surface area contributed by atoms with Crippen LogP contribution >= 0.6 is 0 Å². The highest BCUT2D eigenvalue weighted by molar-refractivity contribution is 7.92. The van der Waals surface area contributed by atoms with Crippen molar-refractivity contribution >= 4 is 33.3 Å². The maximum Gasteiger partial charge on any atom is 0.339 e. The lowest BCUT2D eigenvalue weighted by Gasteiger charge is -2.24. The molecule has 0 aliphatic heterocycles. The van der Waals surface area contributed by atoms with Crippen molar-refractivity contribution in [2.24, 2.45) is 0 Å². The van der Waals surface area contributed by atoms with Crippen LogP contribution in [-0.4, -0.2) is 33.9 Å². The standard InChI is InChI=1S/C22H19FN2O5S/c1-30-22(27)19-9-5-6-10-20(19)24-21(26)15-25(17-13-11-16(23)12-14-17)31(28,29)18-7-3-2-4-8-18/h2-14H,15H2,1H3,(H,24,26). The molecule has 0 unspecified atom stereocenters. The van der Waals surface area contributed by atoms with E-state index in [0.717, 1.165) is 16.4 Å². The third-order valence-corrected chi connectivity index (χ3v) is 6.13. The number of carbonyl (C=O) groups is 2. The van der Waals surface area contributed by atoms with E-state index in [4.69, 9.17) is 4.74 Å². The number of anilines is 2. The lowest BCUT2D eigenvalue weighted by molar-refractivity contribution is -0.114. The second-order valence-electron chi connectivity index (χ2n) is 6.39. The van der Waals surface area contributed by atoms with Crippen LogP contribution in [0.1, 0.15) is 10.4 Å². The number of hydrogen-bond acceptors (Lipinski definition) is 5. The van der Waals surface area contributed by atoms with Gasteiger partial charge in [0.1, 0.15) is 12.4 Å². The van der Waals surface area contributed by atoms with Crippen LogP contribution in [0.4, 0.5) is 15.8 Å². The predicted molar refractivity (Wildman–Crippen MR) is 114 cm³/mol. The number of amides is 1. The Balaban J connectivity index is 1.94. The number of nitrogens with zero attached hydrogens (tertiary/aromatic N) is 1. The average molecular weight is 442 g/mol. The molecule has 0 aromatic heterocycles. The Bertz CT molecular complexity index is 1180. The fourth-order valence-corrected chi connectivity index (χ4v) is 4.28. The second kappa shape index (κ2) is 9.40. The molecule has 0 radical (unpaired) electrons. The van der Waals surface area contributed by atoms with Crippen LogP contribution in [-0.2, 0) is 19.6 Å². The molecule has 1 N–H and O–H groups in total. The van der Waals surface area contributed by atoms with Gasteiger partial charge < -0.3 is 10.1 Å². The Kier molecular flexibility index (Phi) is 6.66. The van der Waals surface area contributed by atoms with Gasteiger partial charge in [-0.1, -0.05) is 30.3 Å². The monoisotopic (exact) mass is 442 g/mol. The van der Waals surface area contributed by atoms with E-state index in [2.05, 4.69) is 5.32 Å². The van der Waals surface area contributed by atoms with Crippen LogP contribution in [0.2, 0.25) is 0 Å². The first-order valence-corrected chi connectivity index (χ1v) is 10.6. The van der Waals surface area contributed by atoms with Gasteiger partial charge in [-0.3, -0.25) is 9.10 Å². The van der Waals surface area contributed by atoms with Gasteiger partial charge in [0.2, 0.25) is 5.91 Å². The van der Waals surface area contributed by atoms with Crippen molar-refractivity contribution in [2.75, 3.05) is 23.3 Å². The van der Waals surface area contributed by atoms with Gasteiger partial charge in [0.25, 0.3) is 10.0 Å². The normalized spacial score (nSPS) is 10.9. The van der Waals surface area contributed by atoms with Crippen LogP contribution in [0.3, 0.4) is 0 Å². The number of carbonyl (C=O) groups excluding carboxylic acids is 2. The molecule has 7 nitrogen and oxygen atoms in total. The molecular weight excluding hydrogens is 423 g/mol. The molecule has 0 atom stereocenters. The minimum absolute atomic E-state index is 0.0258. The topological polar surface area (TPSA) is 92.8 Å². The fraction of sp³-hybridized carbons (Fsp3) is 0.0909. The molecule has 1 amide bonds. The van der Waals surface area contributed by atoms with Gasteiger partial charge >= 0.3 is 5.97 Å². The van der Waals surface area contributed by atoms with Crippen LogP contribution in [0.15, 0.2) is 83.8 Å². The van der Waals surface area contributed by atoms with Crippen molar-refractivity contribution in [1.82, 2.24) is 0 Å². The lowest BCUT2D eigenvalue weighted by atomic mass is 10.2. The van der Waals surface area contributed by atoms with Crippen molar-refractivity contribution in [1.29, 1.82) is 0 Å². The Morgan fingerprint density at radius 2 is 1.55 bits per heavy atom. The zero-order chi connectivity index (χ0) is 22.4. The van der Waals surface area contributed by atoms with Gasteiger partial charge in [-0.15, -0.1) is 0 Å². The minimum Gasteiger partial charge on any atom is -0.465 e. The molecule has 3 aromatic rings. The maximum atomic E-state index is 13.4. The van der Waals surface area contributed by atoms with E-state index in [-0.39, 0.29) is 21.8 Å². The minimum atomic E-state index is -4.13. The third kappa shape index (κ3) is 5.07. The summed E-state index contributed by atoms with van der Waals surface area (Å²) < 4.78 is 45.4. The van der Waals surface area contributed by atoms with E-state index in [9.17, 15) is 22.4 Å². The lowest BCUT2D eigenvalue weighted by Crippen LogP contribution is -2.38. The summed E-state index contributed by atoms with van der Waals surface area (Å²) in [7, 11) is -2.92. The van der Waals surface area contributed by atoms with Crippen LogP contribution in [0.25, 0.3) is 0 Å². The number of rotatable bonds is 7. The highest BCUT2D eigenvalue weighted by Crippen LogP contribution is 2.24. The third-order valence-electron chi connectivity index (χ3n) is 4.34. The molecule has 3 rings (SSSR count). The molecular formula is C22H19FN2O5S. The number of methoxy groups -OCH3 is 1. The summed E-state index contributed by atoms with van der Waals surface area (Å²) in [4.78, 5) is 24.7.